The summed E-state index contributed by atoms with van der Waals surface area (Å²) >= 11 is 5.41. The molecule has 1 atom stereocenters. The second kappa shape index (κ2) is 9.44. The Hall–Kier alpha value is -0.500. The van der Waals surface area contributed by atoms with E-state index in [0.29, 0.717) is 0 Å². The van der Waals surface area contributed by atoms with Crippen molar-refractivity contribution in [2.75, 3.05) is 12.3 Å². The lowest BCUT2D eigenvalue weighted by molar-refractivity contribution is 0.371. The van der Waals surface area contributed by atoms with Crippen LogP contribution in [-0.2, 0) is 0 Å². The molecule has 1 rings (SSSR count). The number of hydrogen-bond acceptors (Lipinski definition) is 3. The van der Waals surface area contributed by atoms with Crippen LogP contribution in [0, 0.1) is 11.3 Å². The highest BCUT2D eigenvalue weighted by atomic mass is 79.9. The van der Waals surface area contributed by atoms with Gasteiger partial charge in [0.15, 0.2) is 0 Å². The number of rotatable bonds is 9. The number of hydrogen-bond donors (Lipinski definition) is 1. The Bertz CT molecular complexity index is 444. The van der Waals surface area contributed by atoms with E-state index in [0.717, 1.165) is 42.5 Å². The molecule has 0 heterocycles. The number of thioether (sulfide) groups is 1. The van der Waals surface area contributed by atoms with Crippen molar-refractivity contribution >= 4 is 27.7 Å². The van der Waals surface area contributed by atoms with E-state index in [4.69, 9.17) is 0 Å². The SMILES string of the molecule is CCCNC(C#N)(CC)CCCSc1ccccc1Br. The van der Waals surface area contributed by atoms with Crippen LogP contribution in [0.3, 0.4) is 0 Å². The van der Waals surface area contributed by atoms with E-state index in [9.17, 15) is 5.26 Å². The molecule has 0 aromatic heterocycles. The molecule has 0 spiro atoms. The van der Waals surface area contributed by atoms with E-state index >= 15 is 0 Å². The van der Waals surface area contributed by atoms with Crippen molar-refractivity contribution in [2.45, 2.75) is 50.0 Å². The quantitative estimate of drug-likeness (QED) is 0.501. The predicted octanol–water partition coefficient (Wildman–Crippen LogP) is 4.99. The minimum absolute atomic E-state index is 0.343. The van der Waals surface area contributed by atoms with Gasteiger partial charge in [0.05, 0.1) is 6.07 Å². The van der Waals surface area contributed by atoms with Gasteiger partial charge in [-0.2, -0.15) is 5.26 Å². The van der Waals surface area contributed by atoms with Crippen LogP contribution in [0.5, 0.6) is 0 Å². The summed E-state index contributed by atoms with van der Waals surface area (Å²) in [5, 5.41) is 12.8. The van der Waals surface area contributed by atoms with Crippen LogP contribution in [0.1, 0.15) is 39.5 Å². The third-order valence-corrected chi connectivity index (χ3v) is 5.49. The number of benzene rings is 1. The molecule has 2 nitrogen and oxygen atoms in total. The van der Waals surface area contributed by atoms with Crippen molar-refractivity contribution in [2.24, 2.45) is 0 Å². The zero-order valence-electron chi connectivity index (χ0n) is 12.3. The summed E-state index contributed by atoms with van der Waals surface area (Å²) in [5.41, 5.74) is -0.343. The smallest absolute Gasteiger partial charge is 0.106 e. The first-order chi connectivity index (χ1) is 9.67. The van der Waals surface area contributed by atoms with Gasteiger partial charge >= 0.3 is 0 Å². The maximum absolute atomic E-state index is 9.44. The number of nitrogens with one attached hydrogen (secondary N) is 1. The van der Waals surface area contributed by atoms with E-state index in [1.54, 1.807) is 0 Å². The minimum atomic E-state index is -0.343. The van der Waals surface area contributed by atoms with Crippen LogP contribution < -0.4 is 5.32 Å². The highest BCUT2D eigenvalue weighted by Crippen LogP contribution is 2.28. The fourth-order valence-electron chi connectivity index (χ4n) is 2.05. The normalized spacial score (nSPS) is 13.7. The fourth-order valence-corrected chi connectivity index (χ4v) is 3.56. The van der Waals surface area contributed by atoms with Gasteiger partial charge < -0.3 is 0 Å². The highest BCUT2D eigenvalue weighted by molar-refractivity contribution is 9.10. The summed E-state index contributed by atoms with van der Waals surface area (Å²) in [5.74, 6) is 1.04. The first-order valence-electron chi connectivity index (χ1n) is 7.21. The van der Waals surface area contributed by atoms with Crippen molar-refractivity contribution in [3.8, 4) is 6.07 Å². The number of nitriles is 1. The first kappa shape index (κ1) is 17.6. The average Bonchev–Trinajstić information content (AvgIpc) is 2.49. The molecule has 1 aromatic rings. The molecule has 0 aliphatic heterocycles. The summed E-state index contributed by atoms with van der Waals surface area (Å²) in [6, 6.07) is 10.8. The Balaban J connectivity index is 2.42. The summed E-state index contributed by atoms with van der Waals surface area (Å²) in [6.45, 7) is 5.14. The topological polar surface area (TPSA) is 35.8 Å². The summed E-state index contributed by atoms with van der Waals surface area (Å²) in [6.07, 6.45) is 3.89. The van der Waals surface area contributed by atoms with Gasteiger partial charge in [0.25, 0.3) is 0 Å². The molecule has 0 saturated heterocycles. The van der Waals surface area contributed by atoms with Crippen LogP contribution in [0.25, 0.3) is 0 Å². The van der Waals surface area contributed by atoms with Crippen LogP contribution in [0.4, 0.5) is 0 Å². The molecule has 0 amide bonds. The minimum Gasteiger partial charge on any atom is -0.299 e. The van der Waals surface area contributed by atoms with Gasteiger partial charge in [0.2, 0.25) is 0 Å². The molecule has 0 bridgehead atoms. The standard InChI is InChI=1S/C16H23BrN2S/c1-3-11-19-16(4-2,13-18)10-7-12-20-15-9-6-5-8-14(15)17/h5-6,8-9,19H,3-4,7,10-12H2,1-2H3. The first-order valence-corrected chi connectivity index (χ1v) is 8.99. The molecule has 0 saturated carbocycles. The van der Waals surface area contributed by atoms with Gasteiger partial charge in [-0.1, -0.05) is 26.0 Å². The van der Waals surface area contributed by atoms with Gasteiger partial charge in [-0.05, 0) is 66.0 Å². The van der Waals surface area contributed by atoms with E-state index in [1.165, 1.54) is 4.90 Å². The highest BCUT2D eigenvalue weighted by Gasteiger charge is 2.26. The average molecular weight is 355 g/mol. The van der Waals surface area contributed by atoms with Crippen molar-refractivity contribution in [1.82, 2.24) is 5.32 Å². The van der Waals surface area contributed by atoms with E-state index in [1.807, 2.05) is 17.8 Å². The molecule has 1 N–H and O–H groups in total. The van der Waals surface area contributed by atoms with Crippen LogP contribution >= 0.6 is 27.7 Å². The van der Waals surface area contributed by atoms with E-state index < -0.39 is 0 Å². The molecule has 1 unspecified atom stereocenters. The van der Waals surface area contributed by atoms with Gasteiger partial charge in [-0.3, -0.25) is 5.32 Å². The Morgan fingerprint density at radius 2 is 2.10 bits per heavy atom. The molecular formula is C16H23BrN2S. The maximum Gasteiger partial charge on any atom is 0.106 e. The van der Waals surface area contributed by atoms with Gasteiger partial charge in [0.1, 0.15) is 5.54 Å². The van der Waals surface area contributed by atoms with Crippen molar-refractivity contribution < 1.29 is 0 Å². The molecule has 110 valence electrons. The van der Waals surface area contributed by atoms with E-state index in [-0.39, 0.29) is 5.54 Å². The molecule has 4 heteroatoms. The fraction of sp³-hybridized carbons (Fsp3) is 0.562. The third-order valence-electron chi connectivity index (χ3n) is 3.37. The lowest BCUT2D eigenvalue weighted by Gasteiger charge is -2.26. The second-order valence-corrected chi connectivity index (χ2v) is 6.85. The lowest BCUT2D eigenvalue weighted by atomic mass is 9.92. The summed E-state index contributed by atoms with van der Waals surface area (Å²) < 4.78 is 1.15. The Morgan fingerprint density at radius 3 is 2.70 bits per heavy atom. The van der Waals surface area contributed by atoms with Gasteiger partial charge in [0, 0.05) is 9.37 Å². The molecule has 0 radical (unpaired) electrons. The molecule has 20 heavy (non-hydrogen) atoms. The predicted molar refractivity (Wildman–Crippen MR) is 91.0 cm³/mol. The monoisotopic (exact) mass is 354 g/mol. The van der Waals surface area contributed by atoms with Crippen molar-refractivity contribution in [3.63, 3.8) is 0 Å². The van der Waals surface area contributed by atoms with Crippen LogP contribution in [0.2, 0.25) is 0 Å². The summed E-state index contributed by atoms with van der Waals surface area (Å²) in [7, 11) is 0. The molecule has 0 aliphatic rings. The number of halogens is 1. The largest absolute Gasteiger partial charge is 0.299 e. The Labute approximate surface area is 135 Å². The zero-order chi connectivity index (χ0) is 14.8. The van der Waals surface area contributed by atoms with Crippen molar-refractivity contribution in [1.29, 1.82) is 5.26 Å². The van der Waals surface area contributed by atoms with Crippen molar-refractivity contribution in [3.05, 3.63) is 28.7 Å². The van der Waals surface area contributed by atoms with Crippen LogP contribution in [-0.4, -0.2) is 17.8 Å². The lowest BCUT2D eigenvalue weighted by Crippen LogP contribution is -2.43. The van der Waals surface area contributed by atoms with E-state index in [2.05, 4.69) is 59.4 Å². The van der Waals surface area contributed by atoms with Gasteiger partial charge in [-0.15, -0.1) is 11.8 Å². The zero-order valence-corrected chi connectivity index (χ0v) is 14.7. The maximum atomic E-state index is 9.44. The molecule has 1 aromatic carbocycles. The molecule has 0 fully saturated rings. The Kier molecular flexibility index (Phi) is 8.28. The number of nitrogens with zero attached hydrogens (tertiary/aromatic N) is 1. The molecular weight excluding hydrogens is 332 g/mol. The van der Waals surface area contributed by atoms with Crippen LogP contribution in [0.15, 0.2) is 33.6 Å². The summed E-state index contributed by atoms with van der Waals surface area (Å²) in [4.78, 5) is 1.27. The third kappa shape index (κ3) is 5.47. The van der Waals surface area contributed by atoms with Gasteiger partial charge in [-0.25, -0.2) is 0 Å². The molecule has 0 aliphatic carbocycles. The second-order valence-electron chi connectivity index (χ2n) is 4.86. The Morgan fingerprint density at radius 1 is 1.35 bits per heavy atom.